The Balaban J connectivity index is 1.84. The van der Waals surface area contributed by atoms with Crippen LogP contribution in [0, 0.1) is 6.92 Å². The molecule has 3 rings (SSSR count). The van der Waals surface area contributed by atoms with Gasteiger partial charge in [-0.15, -0.1) is 11.3 Å². The maximum atomic E-state index is 12.6. The number of hydrogen-bond donors (Lipinski definition) is 1. The van der Waals surface area contributed by atoms with Crippen molar-refractivity contribution >= 4 is 50.9 Å². The number of thiophene rings is 1. The SMILES string of the molecule is Cc1c(C(=O)OCCc2ccccc2)sc2nc(Cl)nc(N(C)CC(=O)O)c12. The molecule has 9 heteroatoms. The number of ether oxygens (including phenoxy) is 1. The summed E-state index contributed by atoms with van der Waals surface area (Å²) in [5, 5.41) is 9.65. The summed E-state index contributed by atoms with van der Waals surface area (Å²) in [6, 6.07) is 9.75. The van der Waals surface area contributed by atoms with Gasteiger partial charge in [0.05, 0.1) is 12.0 Å². The fourth-order valence-electron chi connectivity index (χ4n) is 2.81. The third kappa shape index (κ3) is 4.40. The van der Waals surface area contributed by atoms with E-state index in [1.54, 1.807) is 14.0 Å². The summed E-state index contributed by atoms with van der Waals surface area (Å²) in [6.45, 7) is 1.77. The maximum Gasteiger partial charge on any atom is 0.348 e. The number of nitrogens with zero attached hydrogens (tertiary/aromatic N) is 3. The van der Waals surface area contributed by atoms with E-state index in [-0.39, 0.29) is 18.4 Å². The van der Waals surface area contributed by atoms with Gasteiger partial charge in [-0.2, -0.15) is 4.98 Å². The molecule has 0 fully saturated rings. The number of aryl methyl sites for hydroxylation is 1. The van der Waals surface area contributed by atoms with Gasteiger partial charge >= 0.3 is 11.9 Å². The molecule has 28 heavy (non-hydrogen) atoms. The number of fused-ring (bicyclic) bond motifs is 1. The first-order valence-corrected chi connectivity index (χ1v) is 9.67. The lowest BCUT2D eigenvalue weighted by Crippen LogP contribution is -2.26. The largest absolute Gasteiger partial charge is 0.480 e. The standard InChI is InChI=1S/C19H18ClN3O4S/c1-11-14-16(23(2)10-13(24)25)21-19(20)22-17(14)28-15(11)18(26)27-9-8-12-6-4-3-5-7-12/h3-7H,8-10H2,1-2H3,(H,24,25). The van der Waals surface area contributed by atoms with Gasteiger partial charge in [0, 0.05) is 13.5 Å². The first kappa shape index (κ1) is 20.0. The van der Waals surface area contributed by atoms with Gasteiger partial charge in [0.1, 0.15) is 22.1 Å². The zero-order valence-electron chi connectivity index (χ0n) is 15.3. The van der Waals surface area contributed by atoms with Crippen LogP contribution in [-0.2, 0) is 16.0 Å². The fourth-order valence-corrected chi connectivity index (χ4v) is 4.10. The van der Waals surface area contributed by atoms with E-state index >= 15 is 0 Å². The maximum absolute atomic E-state index is 12.6. The van der Waals surface area contributed by atoms with Crippen LogP contribution in [0.4, 0.5) is 5.82 Å². The number of anilines is 1. The van der Waals surface area contributed by atoms with Crippen molar-refractivity contribution < 1.29 is 19.4 Å². The molecule has 146 valence electrons. The minimum absolute atomic E-state index is 0.00927. The lowest BCUT2D eigenvalue weighted by Gasteiger charge is -2.17. The second-order valence-electron chi connectivity index (χ2n) is 6.17. The van der Waals surface area contributed by atoms with Crippen LogP contribution in [0.1, 0.15) is 20.8 Å². The lowest BCUT2D eigenvalue weighted by molar-refractivity contribution is -0.135. The van der Waals surface area contributed by atoms with Crippen LogP contribution in [0.2, 0.25) is 5.28 Å². The van der Waals surface area contributed by atoms with Gasteiger partial charge in [0.15, 0.2) is 0 Å². The molecule has 2 heterocycles. The third-order valence-corrected chi connectivity index (χ3v) is 5.46. The van der Waals surface area contributed by atoms with Gasteiger partial charge in [-0.25, -0.2) is 9.78 Å². The molecule has 7 nitrogen and oxygen atoms in total. The van der Waals surface area contributed by atoms with Crippen molar-refractivity contribution in [1.82, 2.24) is 9.97 Å². The van der Waals surface area contributed by atoms with Crippen LogP contribution in [-0.4, -0.2) is 47.2 Å². The van der Waals surface area contributed by atoms with Gasteiger partial charge in [-0.05, 0) is 29.7 Å². The number of halogens is 1. The Labute approximate surface area is 170 Å². The van der Waals surface area contributed by atoms with Gasteiger partial charge in [-0.1, -0.05) is 30.3 Å². The number of aromatic nitrogens is 2. The molecule has 0 atom stereocenters. The van der Waals surface area contributed by atoms with Crippen molar-refractivity contribution in [3.8, 4) is 0 Å². The monoisotopic (exact) mass is 419 g/mol. The van der Waals surface area contributed by atoms with Crippen molar-refractivity contribution in [2.24, 2.45) is 0 Å². The predicted molar refractivity (Wildman–Crippen MR) is 108 cm³/mol. The second kappa shape index (κ2) is 8.53. The normalized spacial score (nSPS) is 10.8. The molecule has 0 saturated carbocycles. The minimum Gasteiger partial charge on any atom is -0.480 e. The topological polar surface area (TPSA) is 92.6 Å². The second-order valence-corrected chi connectivity index (χ2v) is 7.51. The molecule has 1 N–H and O–H groups in total. The molecule has 0 spiro atoms. The highest BCUT2D eigenvalue weighted by Gasteiger charge is 2.23. The van der Waals surface area contributed by atoms with E-state index in [0.717, 1.165) is 16.9 Å². The number of rotatable bonds is 7. The van der Waals surface area contributed by atoms with Crippen LogP contribution in [0.15, 0.2) is 30.3 Å². The van der Waals surface area contributed by atoms with Crippen LogP contribution in [0.3, 0.4) is 0 Å². The quantitative estimate of drug-likeness (QED) is 0.462. The van der Waals surface area contributed by atoms with Gasteiger partial charge < -0.3 is 14.7 Å². The van der Waals surface area contributed by atoms with Crippen molar-refractivity contribution in [1.29, 1.82) is 0 Å². The number of carboxylic acids is 1. The van der Waals surface area contributed by atoms with Crippen LogP contribution >= 0.6 is 22.9 Å². The van der Waals surface area contributed by atoms with Crippen molar-refractivity contribution in [3.63, 3.8) is 0 Å². The summed E-state index contributed by atoms with van der Waals surface area (Å²) >= 11 is 7.15. The van der Waals surface area contributed by atoms with Crippen molar-refractivity contribution in [2.75, 3.05) is 25.1 Å². The highest BCUT2D eigenvalue weighted by molar-refractivity contribution is 7.20. The molecule has 0 saturated heterocycles. The number of carbonyl (C=O) groups excluding carboxylic acids is 1. The molecule has 0 aliphatic heterocycles. The first-order chi connectivity index (χ1) is 13.4. The Morgan fingerprint density at radius 2 is 1.96 bits per heavy atom. The smallest absolute Gasteiger partial charge is 0.348 e. The molecule has 0 radical (unpaired) electrons. The van der Waals surface area contributed by atoms with Crippen LogP contribution in [0.25, 0.3) is 10.2 Å². The third-order valence-electron chi connectivity index (χ3n) is 4.13. The summed E-state index contributed by atoms with van der Waals surface area (Å²) in [4.78, 5) is 34.3. The number of carbonyl (C=O) groups is 2. The van der Waals surface area contributed by atoms with E-state index < -0.39 is 11.9 Å². The first-order valence-electron chi connectivity index (χ1n) is 8.47. The summed E-state index contributed by atoms with van der Waals surface area (Å²) in [5.41, 5.74) is 1.73. The Morgan fingerprint density at radius 1 is 1.25 bits per heavy atom. The summed E-state index contributed by atoms with van der Waals surface area (Å²) in [6.07, 6.45) is 0.620. The molecular formula is C19H18ClN3O4S. The molecule has 0 bridgehead atoms. The van der Waals surface area contributed by atoms with Gasteiger partial charge in [-0.3, -0.25) is 4.79 Å². The average Bonchev–Trinajstić information content (AvgIpc) is 2.97. The van der Waals surface area contributed by atoms with Crippen LogP contribution in [0.5, 0.6) is 0 Å². The Bertz CT molecular complexity index is 1020. The molecule has 0 amide bonds. The van der Waals surface area contributed by atoms with E-state index in [1.165, 1.54) is 4.90 Å². The minimum atomic E-state index is -1.00. The van der Waals surface area contributed by atoms with Crippen molar-refractivity contribution in [3.05, 3.63) is 51.6 Å². The summed E-state index contributed by atoms with van der Waals surface area (Å²) in [5.74, 6) is -1.08. The highest BCUT2D eigenvalue weighted by atomic mass is 35.5. The van der Waals surface area contributed by atoms with Crippen LogP contribution < -0.4 is 4.90 Å². The summed E-state index contributed by atoms with van der Waals surface area (Å²) in [7, 11) is 1.60. The molecular weight excluding hydrogens is 402 g/mol. The zero-order chi connectivity index (χ0) is 20.3. The zero-order valence-corrected chi connectivity index (χ0v) is 16.9. The highest BCUT2D eigenvalue weighted by Crippen LogP contribution is 2.36. The van der Waals surface area contributed by atoms with E-state index in [0.29, 0.717) is 32.9 Å². The molecule has 0 aliphatic carbocycles. The Morgan fingerprint density at radius 3 is 2.64 bits per heavy atom. The fraction of sp³-hybridized carbons (Fsp3) is 0.263. The van der Waals surface area contributed by atoms with Gasteiger partial charge in [0.25, 0.3) is 0 Å². The van der Waals surface area contributed by atoms with E-state index in [2.05, 4.69) is 9.97 Å². The summed E-state index contributed by atoms with van der Waals surface area (Å²) < 4.78 is 5.42. The number of likely N-dealkylation sites (N-methyl/N-ethyl adjacent to an activating group) is 1. The molecule has 1 aromatic carbocycles. The number of hydrogen-bond acceptors (Lipinski definition) is 7. The Kier molecular flexibility index (Phi) is 6.11. The molecule has 2 aromatic heterocycles. The average molecular weight is 420 g/mol. The number of carboxylic acid groups (broad SMARTS) is 1. The Hall–Kier alpha value is -2.71. The lowest BCUT2D eigenvalue weighted by atomic mass is 10.2. The number of benzene rings is 1. The van der Waals surface area contributed by atoms with Crippen molar-refractivity contribution in [2.45, 2.75) is 13.3 Å². The number of esters is 1. The molecule has 3 aromatic rings. The van der Waals surface area contributed by atoms with E-state index in [1.807, 2.05) is 30.3 Å². The van der Waals surface area contributed by atoms with Gasteiger partial charge in [0.2, 0.25) is 5.28 Å². The predicted octanol–water partition coefficient (Wildman–Crippen LogP) is 3.57. The molecule has 0 aliphatic rings. The van der Waals surface area contributed by atoms with E-state index in [4.69, 9.17) is 21.4 Å². The molecule has 0 unspecified atom stereocenters. The number of aliphatic carboxylic acids is 1. The van der Waals surface area contributed by atoms with E-state index in [9.17, 15) is 9.59 Å².